The van der Waals surface area contributed by atoms with Crippen LogP contribution in [0.4, 0.5) is 11.5 Å². The number of anilines is 2. The first-order valence-corrected chi connectivity index (χ1v) is 12.3. The van der Waals surface area contributed by atoms with Gasteiger partial charge < -0.3 is 14.5 Å². The third-order valence-corrected chi connectivity index (χ3v) is 7.92. The normalized spacial score (nSPS) is 14.9. The molecule has 1 aromatic heterocycles. The topological polar surface area (TPSA) is 78.9 Å². The summed E-state index contributed by atoms with van der Waals surface area (Å²) in [6.07, 6.45) is 1.73. The van der Waals surface area contributed by atoms with Crippen molar-refractivity contribution >= 4 is 32.6 Å². The SMILES string of the molecule is CCN(CC)S(=O)(=O)c1ccc2nc(N3CCN(c4ccccc4OC)CC3)cnc2c1. The molecule has 3 aromatic rings. The van der Waals surface area contributed by atoms with Gasteiger partial charge in [-0.2, -0.15) is 4.31 Å². The summed E-state index contributed by atoms with van der Waals surface area (Å²) in [6.45, 7) is 7.86. The summed E-state index contributed by atoms with van der Waals surface area (Å²) >= 11 is 0. The molecule has 0 radical (unpaired) electrons. The molecule has 4 rings (SSSR count). The van der Waals surface area contributed by atoms with E-state index in [0.717, 1.165) is 43.4 Å². The summed E-state index contributed by atoms with van der Waals surface area (Å²) in [7, 11) is -1.83. The van der Waals surface area contributed by atoms with Crippen molar-refractivity contribution in [3.63, 3.8) is 0 Å². The molecule has 0 atom stereocenters. The summed E-state index contributed by atoms with van der Waals surface area (Å²) in [5.41, 5.74) is 2.36. The van der Waals surface area contributed by atoms with E-state index in [4.69, 9.17) is 9.72 Å². The van der Waals surface area contributed by atoms with Crippen LogP contribution in [0, 0.1) is 0 Å². The molecule has 1 fully saturated rings. The molecule has 9 heteroatoms. The Balaban J connectivity index is 1.51. The maximum Gasteiger partial charge on any atom is 0.243 e. The van der Waals surface area contributed by atoms with E-state index in [9.17, 15) is 8.42 Å². The van der Waals surface area contributed by atoms with E-state index in [1.165, 1.54) is 4.31 Å². The lowest BCUT2D eigenvalue weighted by atomic mass is 10.2. The van der Waals surface area contributed by atoms with Gasteiger partial charge >= 0.3 is 0 Å². The number of piperazine rings is 1. The van der Waals surface area contributed by atoms with E-state index >= 15 is 0 Å². The van der Waals surface area contributed by atoms with Gasteiger partial charge in [-0.3, -0.25) is 4.98 Å². The Morgan fingerprint density at radius 1 is 0.969 bits per heavy atom. The van der Waals surface area contributed by atoms with Crippen molar-refractivity contribution in [2.24, 2.45) is 0 Å². The molecule has 32 heavy (non-hydrogen) atoms. The number of para-hydroxylation sites is 2. The molecular weight excluding hydrogens is 426 g/mol. The quantitative estimate of drug-likeness (QED) is 0.542. The van der Waals surface area contributed by atoms with Gasteiger partial charge in [0.1, 0.15) is 11.6 Å². The Morgan fingerprint density at radius 2 is 1.66 bits per heavy atom. The lowest BCUT2D eigenvalue weighted by Crippen LogP contribution is -2.47. The molecule has 0 bridgehead atoms. The molecule has 0 aliphatic carbocycles. The van der Waals surface area contributed by atoms with E-state index in [1.54, 1.807) is 31.5 Å². The van der Waals surface area contributed by atoms with Crippen molar-refractivity contribution in [2.45, 2.75) is 18.7 Å². The molecule has 2 heterocycles. The first-order valence-electron chi connectivity index (χ1n) is 10.9. The molecule has 1 aliphatic rings. The fourth-order valence-corrected chi connectivity index (χ4v) is 5.55. The molecule has 0 unspecified atom stereocenters. The number of rotatable bonds is 7. The van der Waals surface area contributed by atoms with Gasteiger partial charge in [0.05, 0.1) is 34.9 Å². The Labute approximate surface area is 189 Å². The Hall–Kier alpha value is -2.91. The first-order chi connectivity index (χ1) is 15.5. The highest BCUT2D eigenvalue weighted by molar-refractivity contribution is 7.89. The van der Waals surface area contributed by atoms with Crippen LogP contribution >= 0.6 is 0 Å². The first kappa shape index (κ1) is 22.3. The minimum atomic E-state index is -3.52. The third-order valence-electron chi connectivity index (χ3n) is 5.87. The van der Waals surface area contributed by atoms with Gasteiger partial charge in [0.2, 0.25) is 10.0 Å². The third kappa shape index (κ3) is 4.22. The molecule has 1 saturated heterocycles. The summed E-state index contributed by atoms with van der Waals surface area (Å²) < 4.78 is 32.5. The predicted octanol–water partition coefficient (Wildman–Crippen LogP) is 3.00. The van der Waals surface area contributed by atoms with Crippen molar-refractivity contribution in [3.05, 3.63) is 48.7 Å². The van der Waals surface area contributed by atoms with Crippen molar-refractivity contribution in [3.8, 4) is 5.75 Å². The summed E-state index contributed by atoms with van der Waals surface area (Å²) in [5, 5.41) is 0. The van der Waals surface area contributed by atoms with Crippen LogP contribution in [-0.4, -0.2) is 69.1 Å². The molecule has 1 aliphatic heterocycles. The van der Waals surface area contributed by atoms with Gasteiger partial charge in [-0.25, -0.2) is 13.4 Å². The lowest BCUT2D eigenvalue weighted by molar-refractivity contribution is 0.413. The molecular formula is C23H29N5O3S. The molecule has 0 amide bonds. The minimum absolute atomic E-state index is 0.251. The maximum atomic E-state index is 12.8. The monoisotopic (exact) mass is 455 g/mol. The zero-order valence-electron chi connectivity index (χ0n) is 18.7. The maximum absolute atomic E-state index is 12.8. The van der Waals surface area contributed by atoms with Crippen molar-refractivity contribution < 1.29 is 13.2 Å². The highest BCUT2D eigenvalue weighted by Crippen LogP contribution is 2.29. The number of aromatic nitrogens is 2. The highest BCUT2D eigenvalue weighted by atomic mass is 32.2. The number of methoxy groups -OCH3 is 1. The number of benzene rings is 2. The Kier molecular flexibility index (Phi) is 6.48. The van der Waals surface area contributed by atoms with E-state index in [-0.39, 0.29) is 4.90 Å². The molecule has 8 nitrogen and oxygen atoms in total. The Morgan fingerprint density at radius 3 is 2.34 bits per heavy atom. The number of sulfonamides is 1. The van der Waals surface area contributed by atoms with Gasteiger partial charge in [0.25, 0.3) is 0 Å². The fourth-order valence-electron chi connectivity index (χ4n) is 4.07. The second-order valence-corrected chi connectivity index (χ2v) is 9.55. The zero-order valence-corrected chi connectivity index (χ0v) is 19.5. The fraction of sp³-hybridized carbons (Fsp3) is 0.391. The number of nitrogens with zero attached hydrogens (tertiary/aromatic N) is 5. The van der Waals surface area contributed by atoms with Gasteiger partial charge in [0.15, 0.2) is 0 Å². The second-order valence-electron chi connectivity index (χ2n) is 7.61. The van der Waals surface area contributed by atoms with E-state index in [0.29, 0.717) is 24.1 Å². The van der Waals surface area contributed by atoms with Crippen LogP contribution in [0.1, 0.15) is 13.8 Å². The zero-order chi connectivity index (χ0) is 22.7. The summed E-state index contributed by atoms with van der Waals surface area (Å²) in [6, 6.07) is 13.0. The molecule has 0 spiro atoms. The lowest BCUT2D eigenvalue weighted by Gasteiger charge is -2.37. The van der Waals surface area contributed by atoms with Crippen LogP contribution in [0.15, 0.2) is 53.6 Å². The van der Waals surface area contributed by atoms with Gasteiger partial charge in [-0.05, 0) is 30.3 Å². The van der Waals surface area contributed by atoms with Crippen LogP contribution < -0.4 is 14.5 Å². The van der Waals surface area contributed by atoms with Crippen LogP contribution in [0.5, 0.6) is 5.75 Å². The second kappa shape index (κ2) is 9.30. The number of fused-ring (bicyclic) bond motifs is 1. The van der Waals surface area contributed by atoms with Crippen LogP contribution in [0.2, 0.25) is 0 Å². The number of ether oxygens (including phenoxy) is 1. The van der Waals surface area contributed by atoms with Gasteiger partial charge in [0, 0.05) is 39.3 Å². The molecule has 2 aromatic carbocycles. The number of hydrogen-bond acceptors (Lipinski definition) is 7. The van der Waals surface area contributed by atoms with Gasteiger partial charge in [-0.1, -0.05) is 26.0 Å². The van der Waals surface area contributed by atoms with Crippen LogP contribution in [0.25, 0.3) is 11.0 Å². The minimum Gasteiger partial charge on any atom is -0.495 e. The van der Waals surface area contributed by atoms with Gasteiger partial charge in [-0.15, -0.1) is 0 Å². The highest BCUT2D eigenvalue weighted by Gasteiger charge is 2.23. The van der Waals surface area contributed by atoms with E-state index in [1.807, 2.05) is 32.0 Å². The van der Waals surface area contributed by atoms with Crippen molar-refractivity contribution in [1.82, 2.24) is 14.3 Å². The summed E-state index contributed by atoms with van der Waals surface area (Å²) in [4.78, 5) is 14.0. The average Bonchev–Trinajstić information content (AvgIpc) is 2.84. The summed E-state index contributed by atoms with van der Waals surface area (Å²) in [5.74, 6) is 1.68. The molecule has 170 valence electrons. The Bertz CT molecular complexity index is 1190. The van der Waals surface area contributed by atoms with Crippen molar-refractivity contribution in [1.29, 1.82) is 0 Å². The van der Waals surface area contributed by atoms with Crippen molar-refractivity contribution in [2.75, 3.05) is 56.2 Å². The van der Waals surface area contributed by atoms with E-state index < -0.39 is 10.0 Å². The number of hydrogen-bond donors (Lipinski definition) is 0. The van der Waals surface area contributed by atoms with Crippen LogP contribution in [-0.2, 0) is 10.0 Å². The standard InChI is InChI=1S/C23H29N5O3S/c1-4-28(5-2)32(29,30)18-10-11-19-20(16-18)24-17-23(25-19)27-14-12-26(13-15-27)21-8-6-7-9-22(21)31-3/h6-11,16-17H,4-5,12-15H2,1-3H3. The van der Waals surface area contributed by atoms with Crippen LogP contribution in [0.3, 0.4) is 0 Å². The largest absolute Gasteiger partial charge is 0.495 e. The molecule has 0 saturated carbocycles. The van der Waals surface area contributed by atoms with E-state index in [2.05, 4.69) is 20.9 Å². The smallest absolute Gasteiger partial charge is 0.243 e. The average molecular weight is 456 g/mol. The molecule has 0 N–H and O–H groups in total. The predicted molar refractivity (Wildman–Crippen MR) is 127 cm³/mol.